The van der Waals surface area contributed by atoms with Crippen molar-refractivity contribution < 1.29 is 4.79 Å². The van der Waals surface area contributed by atoms with Crippen LogP contribution < -0.4 is 0 Å². The normalized spacial score (nSPS) is 39.2. The zero-order chi connectivity index (χ0) is 28.3. The van der Waals surface area contributed by atoms with Crippen molar-refractivity contribution in [2.75, 3.05) is 0 Å². The molecule has 6 unspecified atom stereocenters. The van der Waals surface area contributed by atoms with Crippen LogP contribution in [0.2, 0.25) is 0 Å². The van der Waals surface area contributed by atoms with Gasteiger partial charge >= 0.3 is 0 Å². The molecule has 0 aliphatic heterocycles. The Morgan fingerprint density at radius 1 is 0.500 bits per heavy atom. The maximum atomic E-state index is 12.7. The fourth-order valence-corrected chi connectivity index (χ4v) is 10.9. The summed E-state index contributed by atoms with van der Waals surface area (Å²) in [5, 5.41) is 0. The Morgan fingerprint density at radius 2 is 0.875 bits per heavy atom. The Balaban J connectivity index is 1.01. The van der Waals surface area contributed by atoms with Crippen LogP contribution in [-0.4, -0.2) is 5.78 Å². The molecule has 0 saturated heterocycles. The molecule has 40 heavy (non-hydrogen) atoms. The van der Waals surface area contributed by atoms with Crippen LogP contribution in [0.5, 0.6) is 0 Å². The van der Waals surface area contributed by atoms with E-state index in [-0.39, 0.29) is 0 Å². The fourth-order valence-electron chi connectivity index (χ4n) is 10.9. The van der Waals surface area contributed by atoms with E-state index < -0.39 is 0 Å². The Hall–Kier alpha value is -0.330. The first-order valence-electron chi connectivity index (χ1n) is 19.0. The number of hydrogen-bond donors (Lipinski definition) is 0. The second kappa shape index (κ2) is 17.1. The van der Waals surface area contributed by atoms with Gasteiger partial charge in [-0.05, 0) is 123 Å². The Kier molecular flexibility index (Phi) is 13.9. The molecule has 6 atom stereocenters. The predicted octanol–water partition coefficient (Wildman–Crippen LogP) is 12.2. The van der Waals surface area contributed by atoms with E-state index >= 15 is 0 Å². The van der Waals surface area contributed by atoms with Gasteiger partial charge in [0.2, 0.25) is 0 Å². The first-order valence-corrected chi connectivity index (χ1v) is 19.0. The van der Waals surface area contributed by atoms with Crippen LogP contribution >= 0.6 is 0 Å². The summed E-state index contributed by atoms with van der Waals surface area (Å²) >= 11 is 0. The molecule has 0 aromatic rings. The third-order valence-corrected chi connectivity index (χ3v) is 13.2. The Morgan fingerprint density at radius 3 is 1.23 bits per heavy atom. The number of carbonyl (C=O) groups is 1. The van der Waals surface area contributed by atoms with Crippen molar-refractivity contribution in [1.82, 2.24) is 0 Å². The average molecular weight is 555 g/mol. The number of hydrogen-bond acceptors (Lipinski definition) is 1. The van der Waals surface area contributed by atoms with Gasteiger partial charge < -0.3 is 0 Å². The van der Waals surface area contributed by atoms with Gasteiger partial charge in [0.05, 0.1) is 0 Å². The van der Waals surface area contributed by atoms with Gasteiger partial charge in [-0.1, -0.05) is 105 Å². The number of Topliss-reactive ketones (excluding diaryl/α,β-unsaturated/α-hetero) is 1. The molecule has 0 radical (unpaired) electrons. The van der Waals surface area contributed by atoms with E-state index in [2.05, 4.69) is 27.7 Å². The van der Waals surface area contributed by atoms with Gasteiger partial charge in [0.15, 0.2) is 0 Å². The van der Waals surface area contributed by atoms with Gasteiger partial charge in [0, 0.05) is 12.8 Å². The summed E-state index contributed by atoms with van der Waals surface area (Å²) in [6.45, 7) is 9.85. The van der Waals surface area contributed by atoms with E-state index in [9.17, 15) is 4.79 Å². The van der Waals surface area contributed by atoms with Gasteiger partial charge in [0.25, 0.3) is 0 Å². The average Bonchev–Trinajstić information content (AvgIpc) is 2.95. The molecule has 1 heteroatoms. The molecule has 4 rings (SSSR count). The highest BCUT2D eigenvalue weighted by Gasteiger charge is 2.36. The van der Waals surface area contributed by atoms with Crippen LogP contribution in [0.4, 0.5) is 0 Å². The zero-order valence-corrected chi connectivity index (χ0v) is 27.7. The molecule has 4 saturated carbocycles. The SMILES string of the molecule is CCCC1CCC(C2CCC(CCCC(=O)CCCC3CCC(C4CCC(CCC)CC4C)CC3)CC2)C(C)C1. The highest BCUT2D eigenvalue weighted by Crippen LogP contribution is 2.47. The molecule has 1 nitrogen and oxygen atoms in total. The van der Waals surface area contributed by atoms with Crippen LogP contribution in [0, 0.1) is 59.2 Å². The molecule has 232 valence electrons. The second-order valence-electron chi connectivity index (χ2n) is 16.1. The van der Waals surface area contributed by atoms with Crippen molar-refractivity contribution in [3.05, 3.63) is 0 Å². The van der Waals surface area contributed by atoms with Crippen molar-refractivity contribution in [2.45, 2.75) is 182 Å². The maximum absolute atomic E-state index is 12.7. The van der Waals surface area contributed by atoms with Crippen molar-refractivity contribution in [1.29, 1.82) is 0 Å². The summed E-state index contributed by atoms with van der Waals surface area (Å²) < 4.78 is 0. The highest BCUT2D eigenvalue weighted by molar-refractivity contribution is 5.78. The lowest BCUT2D eigenvalue weighted by molar-refractivity contribution is -0.119. The van der Waals surface area contributed by atoms with E-state index in [0.29, 0.717) is 5.78 Å². The molecule has 0 aromatic carbocycles. The monoisotopic (exact) mass is 555 g/mol. The molecule has 0 aromatic heterocycles. The predicted molar refractivity (Wildman–Crippen MR) is 173 cm³/mol. The molecular weight excluding hydrogens is 484 g/mol. The lowest BCUT2D eigenvalue weighted by atomic mass is 9.64. The molecule has 0 N–H and O–H groups in total. The topological polar surface area (TPSA) is 17.1 Å². The maximum Gasteiger partial charge on any atom is 0.132 e. The molecule has 0 spiro atoms. The van der Waals surface area contributed by atoms with E-state index in [0.717, 1.165) is 84.9 Å². The van der Waals surface area contributed by atoms with Crippen molar-refractivity contribution in [3.8, 4) is 0 Å². The van der Waals surface area contributed by atoms with Gasteiger partial charge in [-0.3, -0.25) is 4.79 Å². The van der Waals surface area contributed by atoms with Crippen molar-refractivity contribution >= 4 is 5.78 Å². The van der Waals surface area contributed by atoms with Gasteiger partial charge in [0.1, 0.15) is 5.78 Å². The summed E-state index contributed by atoms with van der Waals surface area (Å²) in [5.74, 6) is 10.4. The first-order chi connectivity index (χ1) is 19.5. The second-order valence-corrected chi connectivity index (χ2v) is 16.1. The third kappa shape index (κ3) is 9.86. The van der Waals surface area contributed by atoms with Crippen molar-refractivity contribution in [3.63, 3.8) is 0 Å². The van der Waals surface area contributed by atoms with E-state index in [1.165, 1.54) is 128 Å². The standard InChI is InChI=1S/C39H70O/c1-5-9-33-19-25-38(29(3)27-33)35-21-15-31(16-22-35)11-7-13-37(40)14-8-12-32-17-23-36(24-18-32)39-26-20-34(10-6-2)28-30(39)4/h29-36,38-39H,5-28H2,1-4H3. The largest absolute Gasteiger partial charge is 0.300 e. The lowest BCUT2D eigenvalue weighted by Gasteiger charge is -2.42. The zero-order valence-electron chi connectivity index (χ0n) is 27.7. The van der Waals surface area contributed by atoms with Gasteiger partial charge in [-0.25, -0.2) is 0 Å². The summed E-state index contributed by atoms with van der Waals surface area (Å²) in [5.41, 5.74) is 0. The van der Waals surface area contributed by atoms with Crippen LogP contribution in [0.3, 0.4) is 0 Å². The fraction of sp³-hybridized carbons (Fsp3) is 0.974. The van der Waals surface area contributed by atoms with E-state index in [4.69, 9.17) is 0 Å². The van der Waals surface area contributed by atoms with Gasteiger partial charge in [-0.2, -0.15) is 0 Å². The first kappa shape index (κ1) is 32.6. The molecule has 4 aliphatic rings. The van der Waals surface area contributed by atoms with Gasteiger partial charge in [-0.15, -0.1) is 0 Å². The van der Waals surface area contributed by atoms with Crippen molar-refractivity contribution in [2.24, 2.45) is 59.2 Å². The summed E-state index contributed by atoms with van der Waals surface area (Å²) in [6, 6.07) is 0. The number of rotatable bonds is 14. The van der Waals surface area contributed by atoms with E-state index in [1.54, 1.807) is 0 Å². The molecule has 0 heterocycles. The minimum Gasteiger partial charge on any atom is -0.300 e. The Bertz CT molecular complexity index is 638. The summed E-state index contributed by atoms with van der Waals surface area (Å²) in [7, 11) is 0. The summed E-state index contributed by atoms with van der Waals surface area (Å²) in [4.78, 5) is 12.7. The number of ketones is 1. The minimum absolute atomic E-state index is 0.567. The minimum atomic E-state index is 0.567. The number of carbonyl (C=O) groups excluding carboxylic acids is 1. The Labute approximate surface area is 251 Å². The van der Waals surface area contributed by atoms with Crippen LogP contribution in [0.1, 0.15) is 182 Å². The van der Waals surface area contributed by atoms with Crippen LogP contribution in [-0.2, 0) is 4.79 Å². The molecule has 0 bridgehead atoms. The molecule has 4 fully saturated rings. The summed E-state index contributed by atoms with van der Waals surface area (Å²) in [6.07, 6.45) is 33.1. The highest BCUT2D eigenvalue weighted by atomic mass is 16.1. The lowest BCUT2D eigenvalue weighted by Crippen LogP contribution is -2.31. The molecule has 4 aliphatic carbocycles. The van der Waals surface area contributed by atoms with Crippen LogP contribution in [0.15, 0.2) is 0 Å². The van der Waals surface area contributed by atoms with Crippen LogP contribution in [0.25, 0.3) is 0 Å². The third-order valence-electron chi connectivity index (χ3n) is 13.2. The smallest absolute Gasteiger partial charge is 0.132 e. The van der Waals surface area contributed by atoms with E-state index in [1.807, 2.05) is 0 Å². The molecule has 0 amide bonds. The quantitative estimate of drug-likeness (QED) is 0.209. The molecular formula is C39H70O.